The van der Waals surface area contributed by atoms with Crippen molar-refractivity contribution in [2.45, 2.75) is 13.0 Å². The monoisotopic (exact) mass is 303 g/mol. The number of carbonyl (C=O) groups excluding carboxylic acids is 1. The highest BCUT2D eigenvalue weighted by Gasteiger charge is 2.35. The summed E-state index contributed by atoms with van der Waals surface area (Å²) in [6, 6.07) is 2.07. The molecule has 16 heavy (non-hydrogen) atoms. The van der Waals surface area contributed by atoms with E-state index in [4.69, 9.17) is 4.74 Å². The molecule has 2 atom stereocenters. The van der Waals surface area contributed by atoms with Gasteiger partial charge < -0.3 is 10.1 Å². The number of carbonyl (C=O) groups is 1. The molecule has 2 rings (SSSR count). The maximum Gasteiger partial charge on any atom is 0.180 e. The molecular weight excluding hydrogens is 290 g/mol. The Morgan fingerprint density at radius 1 is 1.69 bits per heavy atom. The maximum atomic E-state index is 12.3. The summed E-state index contributed by atoms with van der Waals surface area (Å²) in [5.41, 5.74) is 0. The normalized spacial score (nSPS) is 24.9. The average Bonchev–Trinajstić information content (AvgIpc) is 2.87. The van der Waals surface area contributed by atoms with E-state index in [0.717, 1.165) is 15.9 Å². The largest absolute Gasteiger partial charge is 0.379 e. The van der Waals surface area contributed by atoms with E-state index in [1.165, 1.54) is 11.3 Å². The molecule has 1 aliphatic heterocycles. The lowest BCUT2D eigenvalue weighted by Gasteiger charge is -2.16. The van der Waals surface area contributed by atoms with Crippen LogP contribution in [-0.2, 0) is 4.74 Å². The molecule has 1 aliphatic rings. The molecule has 2 heterocycles. The molecule has 0 amide bonds. The molecule has 2 unspecified atom stereocenters. The van der Waals surface area contributed by atoms with Gasteiger partial charge in [-0.25, -0.2) is 0 Å². The third kappa shape index (κ3) is 2.37. The number of hydrogen-bond donors (Lipinski definition) is 1. The summed E-state index contributed by atoms with van der Waals surface area (Å²) in [7, 11) is 0. The molecule has 1 fully saturated rings. The number of ketones is 1. The minimum absolute atomic E-state index is 0.0464. The predicted octanol–water partition coefficient (Wildman–Crippen LogP) is 2.32. The van der Waals surface area contributed by atoms with Crippen LogP contribution >= 0.6 is 27.3 Å². The first kappa shape index (κ1) is 12.2. The Labute approximate surface area is 107 Å². The van der Waals surface area contributed by atoms with E-state index in [1.54, 1.807) is 0 Å². The van der Waals surface area contributed by atoms with Gasteiger partial charge in [-0.15, -0.1) is 11.3 Å². The van der Waals surface area contributed by atoms with Crippen LogP contribution in [0.25, 0.3) is 0 Å². The first-order chi connectivity index (χ1) is 7.74. The number of Topliss-reactive ketones (excluding diaryl/α,β-unsaturated/α-hetero) is 1. The van der Waals surface area contributed by atoms with Crippen LogP contribution in [0.4, 0.5) is 0 Å². The SMILES string of the molecule is CCNC1COCC1C(=O)c1sccc1Br. The van der Waals surface area contributed by atoms with Crippen LogP contribution < -0.4 is 5.32 Å². The molecule has 1 aromatic rings. The number of likely N-dealkylation sites (N-methyl/N-ethyl adjacent to an activating group) is 1. The van der Waals surface area contributed by atoms with E-state index < -0.39 is 0 Å². The Kier molecular flexibility index (Phi) is 4.13. The highest BCUT2D eigenvalue weighted by molar-refractivity contribution is 9.10. The van der Waals surface area contributed by atoms with Crippen molar-refractivity contribution in [1.82, 2.24) is 5.32 Å². The van der Waals surface area contributed by atoms with Gasteiger partial charge in [-0.05, 0) is 33.9 Å². The Bertz CT molecular complexity index is 380. The summed E-state index contributed by atoms with van der Waals surface area (Å²) in [6.45, 7) is 4.07. The fourth-order valence-electron chi connectivity index (χ4n) is 1.91. The van der Waals surface area contributed by atoms with E-state index in [2.05, 4.69) is 21.2 Å². The smallest absolute Gasteiger partial charge is 0.180 e. The molecule has 1 aromatic heterocycles. The van der Waals surface area contributed by atoms with Crippen molar-refractivity contribution in [3.8, 4) is 0 Å². The Balaban J connectivity index is 2.12. The Morgan fingerprint density at radius 3 is 3.12 bits per heavy atom. The van der Waals surface area contributed by atoms with Crippen LogP contribution in [0.5, 0.6) is 0 Å². The number of thiophene rings is 1. The van der Waals surface area contributed by atoms with Gasteiger partial charge >= 0.3 is 0 Å². The molecule has 0 spiro atoms. The van der Waals surface area contributed by atoms with Gasteiger partial charge in [-0.2, -0.15) is 0 Å². The van der Waals surface area contributed by atoms with E-state index in [0.29, 0.717) is 13.2 Å². The molecule has 0 aromatic carbocycles. The quantitative estimate of drug-likeness (QED) is 0.868. The molecule has 0 saturated carbocycles. The fraction of sp³-hybridized carbons (Fsp3) is 0.545. The molecule has 0 aliphatic carbocycles. The number of ether oxygens (including phenoxy) is 1. The van der Waals surface area contributed by atoms with Crippen molar-refractivity contribution in [3.05, 3.63) is 20.8 Å². The van der Waals surface area contributed by atoms with Gasteiger partial charge in [-0.3, -0.25) is 4.79 Å². The molecule has 88 valence electrons. The highest BCUT2D eigenvalue weighted by Crippen LogP contribution is 2.28. The van der Waals surface area contributed by atoms with Gasteiger partial charge in [0, 0.05) is 10.5 Å². The topological polar surface area (TPSA) is 38.3 Å². The van der Waals surface area contributed by atoms with Crippen LogP contribution in [0.15, 0.2) is 15.9 Å². The molecule has 1 N–H and O–H groups in total. The van der Waals surface area contributed by atoms with Crippen LogP contribution in [0.1, 0.15) is 16.6 Å². The van der Waals surface area contributed by atoms with Crippen LogP contribution in [0.3, 0.4) is 0 Å². The van der Waals surface area contributed by atoms with Crippen LogP contribution in [0.2, 0.25) is 0 Å². The second-order valence-electron chi connectivity index (χ2n) is 3.77. The Morgan fingerprint density at radius 2 is 2.50 bits per heavy atom. The van der Waals surface area contributed by atoms with Crippen molar-refractivity contribution < 1.29 is 9.53 Å². The van der Waals surface area contributed by atoms with Crippen molar-refractivity contribution in [3.63, 3.8) is 0 Å². The molecular formula is C11H14BrNO2S. The van der Waals surface area contributed by atoms with Gasteiger partial charge in [0.15, 0.2) is 5.78 Å². The number of rotatable bonds is 4. The van der Waals surface area contributed by atoms with Crippen molar-refractivity contribution in [1.29, 1.82) is 0 Å². The van der Waals surface area contributed by atoms with E-state index in [1.807, 2.05) is 18.4 Å². The molecule has 1 saturated heterocycles. The summed E-state index contributed by atoms with van der Waals surface area (Å²) in [5.74, 6) is 0.139. The van der Waals surface area contributed by atoms with Crippen molar-refractivity contribution in [2.24, 2.45) is 5.92 Å². The van der Waals surface area contributed by atoms with Crippen LogP contribution in [-0.4, -0.2) is 31.6 Å². The molecule has 0 radical (unpaired) electrons. The second kappa shape index (κ2) is 5.40. The zero-order valence-corrected chi connectivity index (χ0v) is 11.4. The zero-order valence-electron chi connectivity index (χ0n) is 9.03. The number of nitrogens with one attached hydrogen (secondary N) is 1. The second-order valence-corrected chi connectivity index (χ2v) is 5.54. The highest BCUT2D eigenvalue weighted by atomic mass is 79.9. The third-order valence-electron chi connectivity index (χ3n) is 2.72. The molecule has 5 heteroatoms. The van der Waals surface area contributed by atoms with E-state index in [9.17, 15) is 4.79 Å². The van der Waals surface area contributed by atoms with Gasteiger partial charge in [0.05, 0.1) is 24.0 Å². The van der Waals surface area contributed by atoms with Crippen molar-refractivity contribution >= 4 is 33.0 Å². The standard InChI is InChI=1S/C11H14BrNO2S/c1-2-13-9-6-15-5-7(9)10(14)11-8(12)3-4-16-11/h3-4,7,9,13H,2,5-6H2,1H3. The Hall–Kier alpha value is -0.230. The molecule has 3 nitrogen and oxygen atoms in total. The lowest BCUT2D eigenvalue weighted by molar-refractivity contribution is 0.0895. The van der Waals surface area contributed by atoms with E-state index in [-0.39, 0.29) is 17.7 Å². The lowest BCUT2D eigenvalue weighted by atomic mass is 9.97. The third-order valence-corrected chi connectivity index (χ3v) is 4.58. The van der Waals surface area contributed by atoms with Gasteiger partial charge in [0.2, 0.25) is 0 Å². The number of hydrogen-bond acceptors (Lipinski definition) is 4. The summed E-state index contributed by atoms with van der Waals surface area (Å²) in [6.07, 6.45) is 0. The summed E-state index contributed by atoms with van der Waals surface area (Å²) in [5, 5.41) is 5.23. The summed E-state index contributed by atoms with van der Waals surface area (Å²) >= 11 is 4.89. The minimum atomic E-state index is -0.0464. The van der Waals surface area contributed by atoms with Crippen LogP contribution in [0, 0.1) is 5.92 Å². The van der Waals surface area contributed by atoms with Gasteiger partial charge in [-0.1, -0.05) is 6.92 Å². The number of halogens is 1. The fourth-order valence-corrected chi connectivity index (χ4v) is 3.49. The maximum absolute atomic E-state index is 12.3. The predicted molar refractivity (Wildman–Crippen MR) is 68.1 cm³/mol. The lowest BCUT2D eigenvalue weighted by Crippen LogP contribution is -2.39. The average molecular weight is 304 g/mol. The summed E-state index contributed by atoms with van der Waals surface area (Å²) < 4.78 is 6.28. The van der Waals surface area contributed by atoms with E-state index >= 15 is 0 Å². The van der Waals surface area contributed by atoms with Crippen molar-refractivity contribution in [2.75, 3.05) is 19.8 Å². The minimum Gasteiger partial charge on any atom is -0.379 e. The summed E-state index contributed by atoms with van der Waals surface area (Å²) in [4.78, 5) is 13.1. The first-order valence-electron chi connectivity index (χ1n) is 5.32. The zero-order chi connectivity index (χ0) is 11.5. The first-order valence-corrected chi connectivity index (χ1v) is 6.99. The molecule has 0 bridgehead atoms. The van der Waals surface area contributed by atoms with Gasteiger partial charge in [0.25, 0.3) is 0 Å². The van der Waals surface area contributed by atoms with Gasteiger partial charge in [0.1, 0.15) is 0 Å².